The van der Waals surface area contributed by atoms with Crippen LogP contribution in [0.1, 0.15) is 459 Å². The van der Waals surface area contributed by atoms with Gasteiger partial charge in [-0.05, 0) is 153 Å². The average molecular weight is 1910 g/mol. The van der Waals surface area contributed by atoms with Crippen molar-refractivity contribution in [1.29, 1.82) is 0 Å². The van der Waals surface area contributed by atoms with E-state index in [2.05, 4.69) is 103 Å². The van der Waals surface area contributed by atoms with E-state index in [-0.39, 0.29) is 105 Å². The first-order valence-corrected chi connectivity index (χ1v) is 52.7. The number of carbonyl (C=O) groups is 12. The Hall–Kier alpha value is -7.64. The minimum atomic E-state index is -0.849. The SMILES string of the molecule is C#COC(=O)CCCC(=O)OCC.C#[N+]C(=O)NC[C@@H](CCCCC)CC(CCCCC)C(N)=O.CCCCCC(C[C@@H](CCl)CCCCC)C(N)=O.CCCCCC(C[C@@H](CN)CCCCC)C(N)=O.CCCCCC1C[C@@H](CCCCC)C(=O)OC1=O.CCCCC[C@@H](C[C@H](CCCCC)C(=O)O)C(=O)O.CCCCC[C@@H](C[C@H](CCCCC)C(=O)O)C(N)=O.[HH].[HH].c1ccccc1. The number of ether oxygens (including phenoxy) is 3. The van der Waals surface area contributed by atoms with Crippen LogP contribution in [0.5, 0.6) is 0 Å². The minimum Gasteiger partial charge on any atom is -0.481 e. The molecule has 1 aliphatic rings. The molecule has 0 bridgehead atoms. The summed E-state index contributed by atoms with van der Waals surface area (Å²) in [6.45, 7) is 33.9. The van der Waals surface area contributed by atoms with Crippen LogP contribution in [0.2, 0.25) is 0 Å². The highest BCUT2D eigenvalue weighted by Crippen LogP contribution is 2.32. The number of unbranched alkanes of at least 4 members (excludes halogenated alkanes) is 24. The number of benzene rings is 1. The van der Waals surface area contributed by atoms with E-state index in [1.54, 1.807) is 13.0 Å². The highest BCUT2D eigenvalue weighted by atomic mass is 35.5. The molecule has 0 aliphatic carbocycles. The summed E-state index contributed by atoms with van der Waals surface area (Å²) in [4.78, 5) is 139. The van der Waals surface area contributed by atoms with Crippen molar-refractivity contribution < 1.29 is 89.9 Å². The summed E-state index contributed by atoms with van der Waals surface area (Å²) in [6.07, 6.45) is 61.2. The Bertz CT molecular complexity index is 2910. The van der Waals surface area contributed by atoms with Crippen molar-refractivity contribution in [3.8, 4) is 19.1 Å². The number of hydrogen-bond acceptors (Lipinski definition) is 16. The first kappa shape index (κ1) is 136. The molecule has 6 amide bonds. The number of terminal acetylenes is 1. The number of amides is 6. The number of carbonyl (C=O) groups excluding carboxylic acids is 9. The minimum absolute atomic E-state index is 0. The van der Waals surface area contributed by atoms with Gasteiger partial charge in [0.15, 0.2) is 0 Å². The molecule has 776 valence electrons. The van der Waals surface area contributed by atoms with Crippen molar-refractivity contribution in [1.82, 2.24) is 5.32 Å². The molecule has 1 aromatic rings. The third kappa shape index (κ3) is 88.1. The summed E-state index contributed by atoms with van der Waals surface area (Å²) in [7, 11) is 0. The van der Waals surface area contributed by atoms with Crippen molar-refractivity contribution in [3.63, 3.8) is 0 Å². The topological polar surface area (TPSA) is 440 Å². The van der Waals surface area contributed by atoms with Gasteiger partial charge < -0.3 is 58.2 Å². The molecule has 0 saturated carbocycles. The number of nitrogens with two attached hydrogens (primary N) is 5. The predicted octanol–water partition coefficient (Wildman–Crippen LogP) is 25.8. The number of rotatable bonds is 74. The predicted molar refractivity (Wildman–Crippen MR) is 548 cm³/mol. The highest BCUT2D eigenvalue weighted by Gasteiger charge is 2.36. The normalized spacial score (nSPS) is 14.5. The lowest BCUT2D eigenvalue weighted by molar-refractivity contribution is -0.172. The van der Waals surface area contributed by atoms with Crippen molar-refractivity contribution in [2.45, 2.75) is 456 Å². The summed E-state index contributed by atoms with van der Waals surface area (Å²) in [5.41, 5.74) is 27.7. The number of nitrogens with one attached hydrogen (secondary N) is 1. The number of urea groups is 1. The fraction of sp³-hybridized carbons (Fsp3) is 0.804. The quantitative estimate of drug-likeness (QED) is 0.00730. The Morgan fingerprint density at radius 2 is 0.669 bits per heavy atom. The second-order valence-corrected chi connectivity index (χ2v) is 36.5. The number of aliphatic carboxylic acids is 3. The Morgan fingerprint density at radius 1 is 0.406 bits per heavy atom. The molecule has 1 fully saturated rings. The highest BCUT2D eigenvalue weighted by molar-refractivity contribution is 6.18. The summed E-state index contributed by atoms with van der Waals surface area (Å²) in [5, 5.41) is 30.3. The van der Waals surface area contributed by atoms with Gasteiger partial charge >= 0.3 is 47.8 Å². The molecule has 0 spiro atoms. The van der Waals surface area contributed by atoms with E-state index in [1.165, 1.54) is 64.2 Å². The monoisotopic (exact) mass is 1910 g/mol. The molecule has 0 aromatic heterocycles. The zero-order valence-electron chi connectivity index (χ0n) is 85.9. The van der Waals surface area contributed by atoms with Crippen molar-refractivity contribution >= 4 is 83.0 Å². The molecule has 25 nitrogen and oxygen atoms in total. The van der Waals surface area contributed by atoms with E-state index in [4.69, 9.17) is 58.0 Å². The fourth-order valence-electron chi connectivity index (χ4n) is 15.8. The number of nitrogens with zero attached hydrogens (tertiary/aromatic N) is 1. The van der Waals surface area contributed by atoms with Crippen molar-refractivity contribution in [2.75, 3.05) is 25.6 Å². The number of primary amides is 4. The van der Waals surface area contributed by atoms with E-state index in [0.29, 0.717) is 75.9 Å². The molecule has 133 heavy (non-hydrogen) atoms. The maximum Gasteiger partial charge on any atom is 0.597 e. The standard InChI is InChI=1S/C17H31N3O2.C15H30ClNO.C15H32N2O.C15H29NO3.C15H28O4.C15H26O3.C9H12O4.C6H6.2H2/c1-4-6-8-10-14(13-20-17(22)19-3)12-15(16(18)21)11-9-7-5-2;2*1-3-5-7-9-13(12-16)11-14(15(17)18)10-8-6-4-2;2*1-3-5-7-9-12(14(16)17)11-13(15(18)19)10-8-6-4-2;1-3-5-7-9-12-11-13(10-8-6-4-2)15(17)18-14(12)16;1-3-12-8(10)6-5-7-9(11)13-4-2;1-2-4-6-5-3-1;;/h3,14-15H,4-13H2,1-2H3,(H2-,18,20,21,22);13-14H,3-12H2,1-2H3,(H2,17,18);13-14H,3-12,16H2,1-2H3,(H2,17,18);12-13H,3-11H2,1-2H3,(H2,16,17)(H,18,19);12-13H,3-11H2,1-2H3,(H,16,17)(H,18,19);12-13H,3-11H2,1-2H3;1H,4-7H2,2H3;1-6H;2*1H/p+1/t14-,15?;2*13-,14?;2*12-,13-;12-,13?;;;;/m000001..../s1. The summed E-state index contributed by atoms with van der Waals surface area (Å²) >= 11 is 6.00. The van der Waals surface area contributed by atoms with Gasteiger partial charge in [-0.15, -0.1) is 16.4 Å². The first-order valence-electron chi connectivity index (χ1n) is 52.2. The molecule has 26 heteroatoms. The maximum absolute atomic E-state index is 11.6. The average Bonchev–Trinajstić information content (AvgIpc) is 0.843. The van der Waals surface area contributed by atoms with Crippen molar-refractivity contribution in [2.24, 2.45) is 99.7 Å². The van der Waals surface area contributed by atoms with Gasteiger partial charge in [-0.3, -0.25) is 52.7 Å². The van der Waals surface area contributed by atoms with Crippen molar-refractivity contribution in [3.05, 3.63) is 41.2 Å². The van der Waals surface area contributed by atoms with E-state index < -0.39 is 47.7 Å². The van der Waals surface area contributed by atoms with Crippen LogP contribution in [0, 0.1) is 90.1 Å². The van der Waals surface area contributed by atoms with Gasteiger partial charge in [0.25, 0.3) is 0 Å². The summed E-state index contributed by atoms with van der Waals surface area (Å²) < 4.78 is 13.8. The van der Waals surface area contributed by atoms with Gasteiger partial charge in [0.05, 0.1) is 42.7 Å². The molecule has 1 aliphatic heterocycles. The fourth-order valence-corrected chi connectivity index (χ4v) is 16.1. The number of esters is 4. The Kier molecular flexibility index (Phi) is 103. The first-order chi connectivity index (χ1) is 63.8. The molecule has 12 atom stereocenters. The van der Waals surface area contributed by atoms with Crippen LogP contribution in [-0.4, -0.2) is 112 Å². The van der Waals surface area contributed by atoms with E-state index in [0.717, 1.165) is 244 Å². The summed E-state index contributed by atoms with van der Waals surface area (Å²) in [5.74, 6) is -4.75. The lowest BCUT2D eigenvalue weighted by Crippen LogP contribution is -2.34. The third-order valence-corrected chi connectivity index (χ3v) is 24.7. The van der Waals surface area contributed by atoms with Crippen LogP contribution in [0.25, 0.3) is 4.85 Å². The van der Waals surface area contributed by atoms with Crippen LogP contribution in [0.3, 0.4) is 0 Å². The molecule has 0 radical (unpaired) electrons. The van der Waals surface area contributed by atoms with Crippen LogP contribution < -0.4 is 34.0 Å². The molecule has 4 unspecified atom stereocenters. The Balaban J connectivity index is -0.000000230. The largest absolute Gasteiger partial charge is 0.597 e. The van der Waals surface area contributed by atoms with E-state index in [9.17, 15) is 72.9 Å². The second-order valence-electron chi connectivity index (χ2n) is 36.2. The zero-order valence-corrected chi connectivity index (χ0v) is 86.6. The number of alkyl halides is 1. The molecule has 1 heterocycles. The lowest BCUT2D eigenvalue weighted by Gasteiger charge is -2.26. The molecule has 14 N–H and O–H groups in total. The number of cyclic esters (lactones) is 2. The second kappa shape index (κ2) is 100. The lowest BCUT2D eigenvalue weighted by atomic mass is 9.85. The Morgan fingerprint density at radius 3 is 0.947 bits per heavy atom. The number of halogens is 1. The number of carboxylic acids is 3. The number of carboxylic acid groups (broad SMARTS) is 3. The van der Waals surface area contributed by atoms with Gasteiger partial charge in [0.1, 0.15) is 12.7 Å². The Labute approximate surface area is 815 Å². The number of hydrogen-bond donors (Lipinski definition) is 9. The molecule has 2 rings (SSSR count). The van der Waals surface area contributed by atoms with Gasteiger partial charge in [-0.25, -0.2) is 5.32 Å². The maximum atomic E-state index is 11.6. The smallest absolute Gasteiger partial charge is 0.481 e. The van der Waals surface area contributed by atoms with Gasteiger partial charge in [0, 0.05) is 45.2 Å². The van der Waals surface area contributed by atoms with Gasteiger partial charge in [-0.1, -0.05) is 357 Å². The molecule has 1 aromatic carbocycles. The molecule has 1 saturated heterocycles. The zero-order chi connectivity index (χ0) is 101. The van der Waals surface area contributed by atoms with Crippen LogP contribution in [0.4, 0.5) is 4.79 Å². The van der Waals surface area contributed by atoms with Crippen LogP contribution >= 0.6 is 11.6 Å². The van der Waals surface area contributed by atoms with E-state index >= 15 is 0 Å². The van der Waals surface area contributed by atoms with Crippen LogP contribution in [-0.2, 0) is 67.0 Å². The van der Waals surface area contributed by atoms with Gasteiger partial charge in [0.2, 0.25) is 23.6 Å². The molecular formula is C107H199ClN7O18+. The third-order valence-electron chi connectivity index (χ3n) is 24.3. The van der Waals surface area contributed by atoms with Crippen LogP contribution in [0.15, 0.2) is 36.4 Å². The molecular weight excluding hydrogens is 1710 g/mol. The van der Waals surface area contributed by atoms with Gasteiger partial charge in [-0.2, -0.15) is 4.79 Å². The summed E-state index contributed by atoms with van der Waals surface area (Å²) in [6, 6.07) is 11.5. The van der Waals surface area contributed by atoms with E-state index in [1.807, 2.05) is 36.4 Å².